The molecular weight excluding hydrogens is 368 g/mol. The van der Waals surface area contributed by atoms with Gasteiger partial charge in [-0.2, -0.15) is 0 Å². The Bertz CT molecular complexity index is 956. The molecule has 0 radical (unpaired) electrons. The first-order chi connectivity index (χ1) is 14.3. The van der Waals surface area contributed by atoms with Crippen molar-refractivity contribution in [2.45, 2.75) is 0 Å². The number of aromatic nitrogens is 2. The van der Waals surface area contributed by atoms with Crippen LogP contribution in [0.5, 0.6) is 11.5 Å². The zero-order chi connectivity index (χ0) is 20.1. The smallest absolute Gasteiger partial charge is 0.162 e. The van der Waals surface area contributed by atoms with Crippen LogP contribution in [-0.2, 0) is 4.74 Å². The molecule has 1 fully saturated rings. The van der Waals surface area contributed by atoms with E-state index in [0.717, 1.165) is 73.2 Å². The van der Waals surface area contributed by atoms with Crippen molar-refractivity contribution < 1.29 is 14.2 Å². The summed E-state index contributed by atoms with van der Waals surface area (Å²) in [4.78, 5) is 12.0. The molecule has 1 saturated heterocycles. The second-order valence-electron chi connectivity index (χ2n) is 6.86. The standard InChI is InChI=1S/C22H26N4O3/c1-27-17-8-6-16(7-9-17)21-24-20-18(4-3-5-19(20)28-2)22(25-21)23-10-11-26-12-14-29-15-13-26/h3-9H,10-15H2,1-2H3,(H,23,24,25). The highest BCUT2D eigenvalue weighted by Gasteiger charge is 2.14. The molecule has 0 saturated carbocycles. The van der Waals surface area contributed by atoms with Crippen molar-refractivity contribution in [3.63, 3.8) is 0 Å². The Balaban J connectivity index is 1.65. The summed E-state index contributed by atoms with van der Waals surface area (Å²) >= 11 is 0. The number of ether oxygens (including phenoxy) is 3. The number of hydrogen-bond donors (Lipinski definition) is 1. The van der Waals surface area contributed by atoms with Gasteiger partial charge in [0.25, 0.3) is 0 Å². The van der Waals surface area contributed by atoms with Gasteiger partial charge >= 0.3 is 0 Å². The van der Waals surface area contributed by atoms with Crippen molar-refractivity contribution in [1.82, 2.24) is 14.9 Å². The summed E-state index contributed by atoms with van der Waals surface area (Å²) in [5.41, 5.74) is 1.72. The molecule has 7 nitrogen and oxygen atoms in total. The number of anilines is 1. The van der Waals surface area contributed by atoms with Gasteiger partial charge in [0.2, 0.25) is 0 Å². The molecule has 0 atom stereocenters. The lowest BCUT2D eigenvalue weighted by Crippen LogP contribution is -2.39. The summed E-state index contributed by atoms with van der Waals surface area (Å²) < 4.78 is 16.2. The van der Waals surface area contributed by atoms with Gasteiger partial charge in [-0.3, -0.25) is 4.90 Å². The van der Waals surface area contributed by atoms with Crippen molar-refractivity contribution in [3.05, 3.63) is 42.5 Å². The summed E-state index contributed by atoms with van der Waals surface area (Å²) in [6, 6.07) is 13.7. The number of rotatable bonds is 7. The van der Waals surface area contributed by atoms with E-state index >= 15 is 0 Å². The van der Waals surface area contributed by atoms with Crippen LogP contribution in [0.15, 0.2) is 42.5 Å². The van der Waals surface area contributed by atoms with Gasteiger partial charge in [-0.15, -0.1) is 0 Å². The highest BCUT2D eigenvalue weighted by Crippen LogP contribution is 2.31. The fourth-order valence-corrected chi connectivity index (χ4v) is 3.45. The molecule has 1 aromatic heterocycles. The minimum atomic E-state index is 0.651. The molecule has 152 valence electrons. The molecule has 3 aromatic rings. The second kappa shape index (κ2) is 9.07. The number of nitrogens with zero attached hydrogens (tertiary/aromatic N) is 3. The molecule has 2 heterocycles. The molecule has 1 aliphatic rings. The third kappa shape index (κ3) is 4.41. The highest BCUT2D eigenvalue weighted by atomic mass is 16.5. The lowest BCUT2D eigenvalue weighted by Gasteiger charge is -2.26. The van der Waals surface area contributed by atoms with Crippen molar-refractivity contribution in [2.75, 3.05) is 58.9 Å². The quantitative estimate of drug-likeness (QED) is 0.660. The maximum Gasteiger partial charge on any atom is 0.162 e. The Morgan fingerprint density at radius 2 is 1.79 bits per heavy atom. The molecular formula is C22H26N4O3. The molecule has 29 heavy (non-hydrogen) atoms. The zero-order valence-electron chi connectivity index (χ0n) is 16.9. The lowest BCUT2D eigenvalue weighted by atomic mass is 10.1. The second-order valence-corrected chi connectivity index (χ2v) is 6.86. The number of hydrogen-bond acceptors (Lipinski definition) is 7. The maximum atomic E-state index is 5.55. The zero-order valence-corrected chi connectivity index (χ0v) is 16.9. The number of benzene rings is 2. The van der Waals surface area contributed by atoms with E-state index in [1.54, 1.807) is 14.2 Å². The monoisotopic (exact) mass is 394 g/mol. The number of nitrogens with one attached hydrogen (secondary N) is 1. The predicted molar refractivity (Wildman–Crippen MR) is 114 cm³/mol. The highest BCUT2D eigenvalue weighted by molar-refractivity contribution is 5.94. The van der Waals surface area contributed by atoms with Crippen LogP contribution in [0.3, 0.4) is 0 Å². The van der Waals surface area contributed by atoms with Crippen molar-refractivity contribution in [3.8, 4) is 22.9 Å². The lowest BCUT2D eigenvalue weighted by molar-refractivity contribution is 0.0398. The normalized spacial score (nSPS) is 14.7. The van der Waals surface area contributed by atoms with Crippen LogP contribution >= 0.6 is 0 Å². The maximum absolute atomic E-state index is 5.55. The van der Waals surface area contributed by atoms with E-state index in [1.165, 1.54) is 0 Å². The van der Waals surface area contributed by atoms with Gasteiger partial charge in [-0.25, -0.2) is 9.97 Å². The Morgan fingerprint density at radius 1 is 1.00 bits per heavy atom. The Kier molecular flexibility index (Phi) is 6.07. The summed E-state index contributed by atoms with van der Waals surface area (Å²) in [6.45, 7) is 5.28. The van der Waals surface area contributed by atoms with Crippen LogP contribution in [-0.4, -0.2) is 68.5 Å². The van der Waals surface area contributed by atoms with Gasteiger partial charge in [-0.05, 0) is 36.4 Å². The van der Waals surface area contributed by atoms with Gasteiger partial charge in [0.1, 0.15) is 22.8 Å². The third-order valence-corrected chi connectivity index (χ3v) is 5.08. The largest absolute Gasteiger partial charge is 0.497 e. The van der Waals surface area contributed by atoms with Gasteiger partial charge < -0.3 is 19.5 Å². The summed E-state index contributed by atoms with van der Waals surface area (Å²) in [5.74, 6) is 3.00. The van der Waals surface area contributed by atoms with E-state index in [4.69, 9.17) is 24.2 Å². The fourth-order valence-electron chi connectivity index (χ4n) is 3.45. The molecule has 1 N–H and O–H groups in total. The number of methoxy groups -OCH3 is 2. The van der Waals surface area contributed by atoms with E-state index in [9.17, 15) is 0 Å². The Morgan fingerprint density at radius 3 is 2.52 bits per heavy atom. The molecule has 0 unspecified atom stereocenters. The van der Waals surface area contributed by atoms with E-state index in [-0.39, 0.29) is 0 Å². The number of para-hydroxylation sites is 1. The molecule has 7 heteroatoms. The fraction of sp³-hybridized carbons (Fsp3) is 0.364. The topological polar surface area (TPSA) is 68.7 Å². The van der Waals surface area contributed by atoms with Crippen LogP contribution in [0.4, 0.5) is 5.82 Å². The van der Waals surface area contributed by atoms with Gasteiger partial charge in [0.05, 0.1) is 27.4 Å². The average molecular weight is 394 g/mol. The molecule has 4 rings (SSSR count). The van der Waals surface area contributed by atoms with E-state index < -0.39 is 0 Å². The molecule has 1 aliphatic heterocycles. The van der Waals surface area contributed by atoms with Crippen molar-refractivity contribution in [1.29, 1.82) is 0 Å². The number of morpholine rings is 1. The molecule has 0 spiro atoms. The third-order valence-electron chi connectivity index (χ3n) is 5.08. The molecule has 0 amide bonds. The minimum Gasteiger partial charge on any atom is -0.497 e. The van der Waals surface area contributed by atoms with Gasteiger partial charge in [-0.1, -0.05) is 6.07 Å². The first-order valence-electron chi connectivity index (χ1n) is 9.81. The Labute approximate surface area is 170 Å². The predicted octanol–water partition coefficient (Wildman–Crippen LogP) is 3.06. The summed E-state index contributed by atoms with van der Waals surface area (Å²) in [7, 11) is 3.32. The van der Waals surface area contributed by atoms with Crippen LogP contribution < -0.4 is 14.8 Å². The summed E-state index contributed by atoms with van der Waals surface area (Å²) in [5, 5.41) is 4.45. The minimum absolute atomic E-state index is 0.651. The molecule has 2 aromatic carbocycles. The van der Waals surface area contributed by atoms with Gasteiger partial charge in [0, 0.05) is 37.1 Å². The molecule has 0 bridgehead atoms. The molecule has 0 aliphatic carbocycles. The van der Waals surface area contributed by atoms with Gasteiger partial charge in [0.15, 0.2) is 5.82 Å². The van der Waals surface area contributed by atoms with Crippen LogP contribution in [0.1, 0.15) is 0 Å². The Hall–Kier alpha value is -2.90. The van der Waals surface area contributed by atoms with Crippen LogP contribution in [0, 0.1) is 0 Å². The number of fused-ring (bicyclic) bond motifs is 1. The van der Waals surface area contributed by atoms with E-state index in [2.05, 4.69) is 10.2 Å². The van der Waals surface area contributed by atoms with Crippen molar-refractivity contribution in [2.24, 2.45) is 0 Å². The summed E-state index contributed by atoms with van der Waals surface area (Å²) in [6.07, 6.45) is 0. The SMILES string of the molecule is COc1ccc(-c2nc(NCCN3CCOCC3)c3cccc(OC)c3n2)cc1. The average Bonchev–Trinajstić information content (AvgIpc) is 2.79. The van der Waals surface area contributed by atoms with Crippen molar-refractivity contribution >= 4 is 16.7 Å². The van der Waals surface area contributed by atoms with E-state index in [1.807, 2.05) is 42.5 Å². The van der Waals surface area contributed by atoms with E-state index in [0.29, 0.717) is 5.82 Å². The first-order valence-corrected chi connectivity index (χ1v) is 9.81. The van der Waals surface area contributed by atoms with Crippen LogP contribution in [0.2, 0.25) is 0 Å². The first kappa shape index (κ1) is 19.4. The van der Waals surface area contributed by atoms with Crippen LogP contribution in [0.25, 0.3) is 22.3 Å².